The zero-order chi connectivity index (χ0) is 17.1. The smallest absolute Gasteiger partial charge is 0.242 e. The summed E-state index contributed by atoms with van der Waals surface area (Å²) in [5, 5.41) is 5.59. The maximum absolute atomic E-state index is 13.8. The van der Waals surface area contributed by atoms with Crippen molar-refractivity contribution in [3.63, 3.8) is 0 Å². The van der Waals surface area contributed by atoms with E-state index in [0.29, 0.717) is 19.4 Å². The van der Waals surface area contributed by atoms with Crippen LogP contribution in [0.3, 0.4) is 0 Å². The summed E-state index contributed by atoms with van der Waals surface area (Å²) in [7, 11) is 0. The number of rotatable bonds is 4. The van der Waals surface area contributed by atoms with Crippen LogP contribution in [0.15, 0.2) is 18.2 Å². The fourth-order valence-corrected chi connectivity index (χ4v) is 3.34. The van der Waals surface area contributed by atoms with E-state index in [1.165, 1.54) is 18.2 Å². The molecule has 1 aromatic rings. The highest BCUT2D eigenvalue weighted by molar-refractivity contribution is 5.90. The van der Waals surface area contributed by atoms with Crippen LogP contribution < -0.4 is 10.6 Å². The molecule has 0 saturated carbocycles. The second-order valence-corrected chi connectivity index (χ2v) is 6.44. The lowest BCUT2D eigenvalue weighted by Gasteiger charge is -2.33. The van der Waals surface area contributed by atoms with Crippen LogP contribution in [0.1, 0.15) is 31.2 Å². The Morgan fingerprint density at radius 1 is 1.29 bits per heavy atom. The van der Waals surface area contributed by atoms with E-state index in [1.54, 1.807) is 0 Å². The van der Waals surface area contributed by atoms with Gasteiger partial charge in [0.15, 0.2) is 0 Å². The minimum absolute atomic E-state index is 0.0625. The standard InChI is InChI=1S/C17H21F2N3O2/c18-13-4-1-5-14(19)12(13)10-22-8-2-3-11(9-22)20-17(24)15-6-7-16(23)21-15/h1,4-5,11,15H,2-3,6-10H2,(H,20,24)(H,21,23)/t11-,15-/m1/s1. The van der Waals surface area contributed by atoms with Crippen molar-refractivity contribution in [1.29, 1.82) is 0 Å². The summed E-state index contributed by atoms with van der Waals surface area (Å²) in [5.74, 6) is -1.37. The second kappa shape index (κ2) is 7.25. The first-order valence-corrected chi connectivity index (χ1v) is 8.28. The molecule has 0 aliphatic carbocycles. The van der Waals surface area contributed by atoms with Gasteiger partial charge in [-0.1, -0.05) is 6.07 Å². The number of hydrogen-bond donors (Lipinski definition) is 2. The monoisotopic (exact) mass is 337 g/mol. The number of piperidine rings is 1. The van der Waals surface area contributed by atoms with Gasteiger partial charge < -0.3 is 10.6 Å². The molecule has 2 aliphatic heterocycles. The Morgan fingerprint density at radius 3 is 2.71 bits per heavy atom. The summed E-state index contributed by atoms with van der Waals surface area (Å²) in [5.41, 5.74) is 0.0625. The molecule has 5 nitrogen and oxygen atoms in total. The molecule has 0 unspecified atom stereocenters. The molecule has 2 saturated heterocycles. The van der Waals surface area contributed by atoms with Gasteiger partial charge in [0, 0.05) is 31.1 Å². The SMILES string of the molecule is O=C1CC[C@H](C(=O)N[C@@H]2CCCN(Cc3c(F)cccc3F)C2)N1. The Balaban J connectivity index is 1.56. The van der Waals surface area contributed by atoms with Crippen LogP contribution in [0.25, 0.3) is 0 Å². The molecule has 0 aromatic heterocycles. The lowest BCUT2D eigenvalue weighted by Crippen LogP contribution is -2.51. The third-order valence-corrected chi connectivity index (χ3v) is 4.61. The number of carbonyl (C=O) groups is 2. The third kappa shape index (κ3) is 3.90. The molecule has 2 N–H and O–H groups in total. The van der Waals surface area contributed by atoms with Crippen molar-refractivity contribution in [2.75, 3.05) is 13.1 Å². The average molecular weight is 337 g/mol. The highest BCUT2D eigenvalue weighted by Gasteiger charge is 2.30. The van der Waals surface area contributed by atoms with Crippen molar-refractivity contribution in [2.45, 2.75) is 44.3 Å². The molecular weight excluding hydrogens is 316 g/mol. The van der Waals surface area contributed by atoms with Crippen molar-refractivity contribution in [1.82, 2.24) is 15.5 Å². The first kappa shape index (κ1) is 16.8. The van der Waals surface area contributed by atoms with Crippen LogP contribution in [-0.4, -0.2) is 41.9 Å². The van der Waals surface area contributed by atoms with E-state index in [2.05, 4.69) is 10.6 Å². The lowest BCUT2D eigenvalue weighted by molar-refractivity contribution is -0.126. The van der Waals surface area contributed by atoms with E-state index in [1.807, 2.05) is 4.90 Å². The number of hydrogen-bond acceptors (Lipinski definition) is 3. The Hall–Kier alpha value is -2.02. The summed E-state index contributed by atoms with van der Waals surface area (Å²) in [6.07, 6.45) is 2.56. The minimum atomic E-state index is -0.546. The maximum Gasteiger partial charge on any atom is 0.242 e. The van der Waals surface area contributed by atoms with E-state index >= 15 is 0 Å². The first-order chi connectivity index (χ1) is 11.5. The molecule has 2 atom stereocenters. The fourth-order valence-electron chi connectivity index (χ4n) is 3.34. The summed E-state index contributed by atoms with van der Waals surface area (Å²) >= 11 is 0. The molecule has 3 rings (SSSR count). The number of amides is 2. The van der Waals surface area contributed by atoms with Crippen LogP contribution in [0.2, 0.25) is 0 Å². The van der Waals surface area contributed by atoms with Gasteiger partial charge in [0.25, 0.3) is 0 Å². The second-order valence-electron chi connectivity index (χ2n) is 6.44. The third-order valence-electron chi connectivity index (χ3n) is 4.61. The van der Waals surface area contributed by atoms with E-state index < -0.39 is 17.7 Å². The summed E-state index contributed by atoms with van der Waals surface area (Å²) in [4.78, 5) is 25.3. The fraction of sp³-hybridized carbons (Fsp3) is 0.529. The van der Waals surface area contributed by atoms with Gasteiger partial charge in [-0.25, -0.2) is 8.78 Å². The number of halogens is 2. The van der Waals surface area contributed by atoms with E-state index in [-0.39, 0.29) is 30.0 Å². The van der Waals surface area contributed by atoms with Gasteiger partial charge in [0.2, 0.25) is 11.8 Å². The zero-order valence-corrected chi connectivity index (χ0v) is 13.4. The van der Waals surface area contributed by atoms with Crippen molar-refractivity contribution >= 4 is 11.8 Å². The number of carbonyl (C=O) groups excluding carboxylic acids is 2. The van der Waals surface area contributed by atoms with Crippen LogP contribution in [0.4, 0.5) is 8.78 Å². The summed E-state index contributed by atoms with van der Waals surface area (Å²) < 4.78 is 27.6. The zero-order valence-electron chi connectivity index (χ0n) is 13.4. The number of likely N-dealkylation sites (tertiary alicyclic amines) is 1. The predicted octanol–water partition coefficient (Wildman–Crippen LogP) is 1.32. The topological polar surface area (TPSA) is 61.4 Å². The van der Waals surface area contributed by atoms with Crippen LogP contribution >= 0.6 is 0 Å². The Kier molecular flexibility index (Phi) is 5.08. The molecule has 0 bridgehead atoms. The van der Waals surface area contributed by atoms with E-state index in [9.17, 15) is 18.4 Å². The van der Waals surface area contributed by atoms with Gasteiger partial charge >= 0.3 is 0 Å². The van der Waals surface area contributed by atoms with Crippen LogP contribution in [-0.2, 0) is 16.1 Å². The molecule has 1 aromatic carbocycles. The highest BCUT2D eigenvalue weighted by Crippen LogP contribution is 2.18. The molecule has 24 heavy (non-hydrogen) atoms. The van der Waals surface area contributed by atoms with E-state index in [0.717, 1.165) is 19.4 Å². The lowest BCUT2D eigenvalue weighted by atomic mass is 10.0. The number of benzene rings is 1. The summed E-state index contributed by atoms with van der Waals surface area (Å²) in [6.45, 7) is 1.46. The molecule has 2 fully saturated rings. The van der Waals surface area contributed by atoms with Gasteiger partial charge in [-0.05, 0) is 37.9 Å². The van der Waals surface area contributed by atoms with Gasteiger partial charge in [-0.3, -0.25) is 14.5 Å². The molecule has 2 aliphatic rings. The van der Waals surface area contributed by atoms with Crippen LogP contribution in [0, 0.1) is 11.6 Å². The Bertz CT molecular complexity index is 618. The number of nitrogens with zero attached hydrogens (tertiary/aromatic N) is 1. The minimum Gasteiger partial charge on any atom is -0.350 e. The molecule has 0 radical (unpaired) electrons. The highest BCUT2D eigenvalue weighted by atomic mass is 19.1. The van der Waals surface area contributed by atoms with Crippen molar-refractivity contribution in [3.05, 3.63) is 35.4 Å². The average Bonchev–Trinajstić information content (AvgIpc) is 2.98. The molecule has 2 heterocycles. The quantitative estimate of drug-likeness (QED) is 0.871. The van der Waals surface area contributed by atoms with Gasteiger partial charge in [-0.15, -0.1) is 0 Å². The molecule has 7 heteroatoms. The number of nitrogens with one attached hydrogen (secondary N) is 2. The van der Waals surface area contributed by atoms with Crippen molar-refractivity contribution in [3.8, 4) is 0 Å². The normalized spacial score (nSPS) is 24.7. The molecule has 2 amide bonds. The predicted molar refractivity (Wildman–Crippen MR) is 84.0 cm³/mol. The van der Waals surface area contributed by atoms with Gasteiger partial charge in [0.05, 0.1) is 0 Å². The van der Waals surface area contributed by atoms with Crippen molar-refractivity contribution in [2.24, 2.45) is 0 Å². The largest absolute Gasteiger partial charge is 0.350 e. The van der Waals surface area contributed by atoms with Crippen molar-refractivity contribution < 1.29 is 18.4 Å². The Labute approximate surface area is 139 Å². The van der Waals surface area contributed by atoms with Gasteiger partial charge in [0.1, 0.15) is 17.7 Å². The van der Waals surface area contributed by atoms with Gasteiger partial charge in [-0.2, -0.15) is 0 Å². The molecular formula is C17H21F2N3O2. The maximum atomic E-state index is 13.8. The Morgan fingerprint density at radius 2 is 2.04 bits per heavy atom. The first-order valence-electron chi connectivity index (χ1n) is 8.28. The van der Waals surface area contributed by atoms with Crippen LogP contribution in [0.5, 0.6) is 0 Å². The molecule has 0 spiro atoms. The van der Waals surface area contributed by atoms with E-state index in [4.69, 9.17) is 0 Å². The molecule has 130 valence electrons. The summed E-state index contributed by atoms with van der Waals surface area (Å²) in [6, 6.07) is 3.33.